The highest BCUT2D eigenvalue weighted by Gasteiger charge is 2.33. The van der Waals surface area contributed by atoms with Crippen LogP contribution in [0.3, 0.4) is 0 Å². The van der Waals surface area contributed by atoms with Crippen LogP contribution in [0.15, 0.2) is 24.3 Å². The van der Waals surface area contributed by atoms with E-state index in [0.29, 0.717) is 19.4 Å². The van der Waals surface area contributed by atoms with Gasteiger partial charge in [0.25, 0.3) is 10.2 Å². The predicted molar refractivity (Wildman–Crippen MR) is 89.9 cm³/mol. The molecule has 1 aromatic rings. The number of carbonyl (C=O) groups is 1. The highest BCUT2D eigenvalue weighted by atomic mass is 32.2. The minimum absolute atomic E-state index is 0.175. The maximum atomic E-state index is 13.0. The number of rotatable bonds is 5. The second kappa shape index (κ2) is 7.58. The molecule has 2 rings (SSSR count). The fraction of sp³-hybridized carbons (Fsp3) is 0.562. The Morgan fingerprint density at radius 2 is 1.96 bits per heavy atom. The zero-order chi connectivity index (χ0) is 17.9. The molecule has 0 aliphatic carbocycles. The van der Waals surface area contributed by atoms with E-state index in [-0.39, 0.29) is 30.2 Å². The van der Waals surface area contributed by atoms with Crippen molar-refractivity contribution in [3.8, 4) is 0 Å². The third-order valence-electron chi connectivity index (χ3n) is 4.27. The molecule has 1 fully saturated rings. The molecule has 134 valence electrons. The Bertz CT molecular complexity index is 676. The summed E-state index contributed by atoms with van der Waals surface area (Å²) in [6.07, 6.45) is 1.30. The number of benzene rings is 1. The van der Waals surface area contributed by atoms with Crippen LogP contribution in [-0.2, 0) is 15.0 Å². The minimum Gasteiger partial charge on any atom is -0.349 e. The zero-order valence-electron chi connectivity index (χ0n) is 14.2. The Balaban J connectivity index is 2.00. The maximum absolute atomic E-state index is 13.0. The number of amides is 1. The van der Waals surface area contributed by atoms with Crippen LogP contribution >= 0.6 is 0 Å². The lowest BCUT2D eigenvalue weighted by atomic mass is 9.98. The summed E-state index contributed by atoms with van der Waals surface area (Å²) in [5.41, 5.74) is 0.804. The Labute approximate surface area is 142 Å². The molecule has 24 heavy (non-hydrogen) atoms. The van der Waals surface area contributed by atoms with Gasteiger partial charge in [-0.1, -0.05) is 12.1 Å². The summed E-state index contributed by atoms with van der Waals surface area (Å²) in [5, 5.41) is 2.89. The molecule has 0 bridgehead atoms. The van der Waals surface area contributed by atoms with Crippen molar-refractivity contribution in [2.45, 2.75) is 25.8 Å². The second-order valence-electron chi connectivity index (χ2n) is 6.27. The molecule has 1 aromatic carbocycles. The Morgan fingerprint density at radius 3 is 2.54 bits per heavy atom. The SMILES string of the molecule is CC(NC(=O)C1CCCN(S(=O)(=O)N(C)C)C1)c1ccc(F)cc1. The molecule has 6 nitrogen and oxygen atoms in total. The van der Waals surface area contributed by atoms with Gasteiger partial charge in [-0.25, -0.2) is 4.39 Å². The lowest BCUT2D eigenvalue weighted by molar-refractivity contribution is -0.126. The predicted octanol–water partition coefficient (Wildman–Crippen LogP) is 1.52. The summed E-state index contributed by atoms with van der Waals surface area (Å²) in [6.45, 7) is 2.43. The normalized spacial score (nSPS) is 20.8. The first-order valence-corrected chi connectivity index (χ1v) is 9.35. The van der Waals surface area contributed by atoms with Gasteiger partial charge < -0.3 is 5.32 Å². The Morgan fingerprint density at radius 1 is 1.33 bits per heavy atom. The number of nitrogens with one attached hydrogen (secondary N) is 1. The van der Waals surface area contributed by atoms with E-state index < -0.39 is 10.2 Å². The molecule has 0 saturated carbocycles. The smallest absolute Gasteiger partial charge is 0.281 e. The maximum Gasteiger partial charge on any atom is 0.281 e. The average Bonchev–Trinajstić information content (AvgIpc) is 2.55. The van der Waals surface area contributed by atoms with Gasteiger partial charge >= 0.3 is 0 Å². The van der Waals surface area contributed by atoms with Gasteiger partial charge in [0.05, 0.1) is 12.0 Å². The number of hydrogen-bond acceptors (Lipinski definition) is 3. The highest BCUT2D eigenvalue weighted by Crippen LogP contribution is 2.22. The number of nitrogens with zero attached hydrogens (tertiary/aromatic N) is 2. The second-order valence-corrected chi connectivity index (χ2v) is 8.41. The molecule has 0 radical (unpaired) electrons. The standard InChI is InChI=1S/C16H24FN3O3S/c1-12(13-6-8-15(17)9-7-13)18-16(21)14-5-4-10-20(11-14)24(22,23)19(2)3/h6-9,12,14H,4-5,10-11H2,1-3H3,(H,18,21). The van der Waals surface area contributed by atoms with Crippen molar-refractivity contribution < 1.29 is 17.6 Å². The number of hydrogen-bond donors (Lipinski definition) is 1. The molecule has 1 amide bonds. The van der Waals surface area contributed by atoms with Crippen molar-refractivity contribution >= 4 is 16.1 Å². The fourth-order valence-corrected chi connectivity index (χ4v) is 3.95. The lowest BCUT2D eigenvalue weighted by Crippen LogP contribution is -2.49. The first-order valence-electron chi connectivity index (χ1n) is 7.95. The van der Waals surface area contributed by atoms with E-state index in [1.807, 2.05) is 6.92 Å². The van der Waals surface area contributed by atoms with Crippen LogP contribution in [0.2, 0.25) is 0 Å². The third kappa shape index (κ3) is 4.31. The molecule has 2 atom stereocenters. The topological polar surface area (TPSA) is 69.7 Å². The Hall–Kier alpha value is -1.51. The first-order chi connectivity index (χ1) is 11.2. The van der Waals surface area contributed by atoms with Gasteiger partial charge in [-0.3, -0.25) is 4.79 Å². The van der Waals surface area contributed by atoms with E-state index in [1.165, 1.54) is 30.5 Å². The fourth-order valence-electron chi connectivity index (χ4n) is 2.76. The average molecular weight is 357 g/mol. The lowest BCUT2D eigenvalue weighted by Gasteiger charge is -2.33. The quantitative estimate of drug-likeness (QED) is 0.869. The van der Waals surface area contributed by atoms with Crippen LogP contribution < -0.4 is 5.32 Å². The molecule has 0 aromatic heterocycles. The molecule has 0 spiro atoms. The van der Waals surface area contributed by atoms with E-state index in [4.69, 9.17) is 0 Å². The van der Waals surface area contributed by atoms with Gasteiger partial charge in [0.1, 0.15) is 5.82 Å². The summed E-state index contributed by atoms with van der Waals surface area (Å²) in [5.74, 6) is -0.879. The van der Waals surface area contributed by atoms with Crippen LogP contribution in [0, 0.1) is 11.7 Å². The van der Waals surface area contributed by atoms with Crippen molar-refractivity contribution in [3.05, 3.63) is 35.6 Å². The summed E-state index contributed by atoms with van der Waals surface area (Å²) in [7, 11) is -0.543. The molecule has 1 saturated heterocycles. The van der Waals surface area contributed by atoms with E-state index in [0.717, 1.165) is 9.87 Å². The van der Waals surface area contributed by atoms with E-state index in [1.54, 1.807) is 12.1 Å². The molecule has 1 aliphatic heterocycles. The number of piperidine rings is 1. The molecule has 1 heterocycles. The summed E-state index contributed by atoms with van der Waals surface area (Å²) in [6, 6.07) is 5.70. The van der Waals surface area contributed by atoms with E-state index in [9.17, 15) is 17.6 Å². The molecule has 1 aliphatic rings. The van der Waals surface area contributed by atoms with Gasteiger partial charge in [0.15, 0.2) is 0 Å². The summed E-state index contributed by atoms with van der Waals surface area (Å²) < 4.78 is 39.9. The van der Waals surface area contributed by atoms with Gasteiger partial charge in [-0.15, -0.1) is 0 Å². The van der Waals surface area contributed by atoms with Gasteiger partial charge in [0.2, 0.25) is 5.91 Å². The van der Waals surface area contributed by atoms with Gasteiger partial charge in [-0.05, 0) is 37.5 Å². The van der Waals surface area contributed by atoms with Crippen molar-refractivity contribution in [3.63, 3.8) is 0 Å². The largest absolute Gasteiger partial charge is 0.349 e. The molecule has 8 heteroatoms. The van der Waals surface area contributed by atoms with Crippen molar-refractivity contribution in [2.75, 3.05) is 27.2 Å². The minimum atomic E-state index is -3.51. The molecular formula is C16H24FN3O3S. The van der Waals surface area contributed by atoms with Crippen LogP contribution in [-0.4, -0.2) is 50.1 Å². The van der Waals surface area contributed by atoms with Crippen molar-refractivity contribution in [1.82, 2.24) is 13.9 Å². The highest BCUT2D eigenvalue weighted by molar-refractivity contribution is 7.86. The van der Waals surface area contributed by atoms with Crippen molar-refractivity contribution in [1.29, 1.82) is 0 Å². The van der Waals surface area contributed by atoms with E-state index >= 15 is 0 Å². The van der Waals surface area contributed by atoms with Crippen LogP contribution in [0.25, 0.3) is 0 Å². The monoisotopic (exact) mass is 357 g/mol. The molecule has 1 N–H and O–H groups in total. The van der Waals surface area contributed by atoms with Gasteiger partial charge in [-0.2, -0.15) is 17.0 Å². The van der Waals surface area contributed by atoms with E-state index in [2.05, 4.69) is 5.32 Å². The van der Waals surface area contributed by atoms with Crippen LogP contribution in [0.5, 0.6) is 0 Å². The zero-order valence-corrected chi connectivity index (χ0v) is 15.0. The summed E-state index contributed by atoms with van der Waals surface area (Å²) in [4.78, 5) is 12.5. The number of halogens is 1. The van der Waals surface area contributed by atoms with Crippen LogP contribution in [0.1, 0.15) is 31.4 Å². The summed E-state index contributed by atoms with van der Waals surface area (Å²) >= 11 is 0. The molecule has 2 unspecified atom stereocenters. The van der Waals surface area contributed by atoms with Crippen molar-refractivity contribution in [2.24, 2.45) is 5.92 Å². The first kappa shape index (κ1) is 18.8. The van der Waals surface area contributed by atoms with Gasteiger partial charge in [0, 0.05) is 27.2 Å². The molecular weight excluding hydrogens is 333 g/mol. The number of carbonyl (C=O) groups excluding carboxylic acids is 1. The third-order valence-corrected chi connectivity index (χ3v) is 6.18. The Kier molecular flexibility index (Phi) is 5.95. The van der Waals surface area contributed by atoms with Crippen LogP contribution in [0.4, 0.5) is 4.39 Å².